The number of benzene rings is 2. The first kappa shape index (κ1) is 23.9. The highest BCUT2D eigenvalue weighted by atomic mass is 16.5. The minimum Gasteiger partial charge on any atom is -0.497 e. The number of carbonyl (C=O) groups excluding carboxylic acids is 1. The molecule has 7 heteroatoms. The number of rotatable bonds is 6. The zero-order valence-electron chi connectivity index (χ0n) is 21.4. The van der Waals surface area contributed by atoms with Gasteiger partial charge in [-0.1, -0.05) is 29.3 Å². The van der Waals surface area contributed by atoms with Crippen molar-refractivity contribution in [2.24, 2.45) is 5.92 Å². The number of fused-ring (bicyclic) bond motifs is 1. The zero-order valence-corrected chi connectivity index (χ0v) is 21.4. The maximum Gasteiger partial charge on any atom is 0.223 e. The number of hydrogen-bond acceptors (Lipinski definition) is 5. The molecule has 1 aliphatic heterocycles. The molecule has 0 spiro atoms. The molecule has 2 aromatic carbocycles. The predicted octanol–water partition coefficient (Wildman–Crippen LogP) is 4.86. The first-order chi connectivity index (χ1) is 17.4. The molecule has 0 radical (unpaired) electrons. The summed E-state index contributed by atoms with van der Waals surface area (Å²) >= 11 is 0. The number of piperidine rings is 1. The van der Waals surface area contributed by atoms with E-state index >= 15 is 0 Å². The van der Waals surface area contributed by atoms with E-state index in [4.69, 9.17) is 14.8 Å². The summed E-state index contributed by atoms with van der Waals surface area (Å²) in [4.78, 5) is 19.9. The van der Waals surface area contributed by atoms with Gasteiger partial charge in [-0.05, 0) is 63.4 Å². The van der Waals surface area contributed by atoms with Crippen LogP contribution in [0.5, 0.6) is 5.75 Å². The second-order valence-electron chi connectivity index (χ2n) is 9.76. The van der Waals surface area contributed by atoms with E-state index in [2.05, 4.69) is 54.4 Å². The average Bonchev–Trinajstić information content (AvgIpc) is 3.31. The van der Waals surface area contributed by atoms with Gasteiger partial charge in [-0.15, -0.1) is 0 Å². The van der Waals surface area contributed by atoms with Gasteiger partial charge in [-0.2, -0.15) is 9.61 Å². The topological polar surface area (TPSA) is 71.8 Å². The van der Waals surface area contributed by atoms with Crippen LogP contribution in [0, 0.1) is 26.7 Å². The molecule has 5 rings (SSSR count). The molecule has 7 nitrogen and oxygen atoms in total. The number of hydrogen-bond donors (Lipinski definition) is 1. The van der Waals surface area contributed by atoms with Gasteiger partial charge in [0.2, 0.25) is 5.91 Å². The number of ether oxygens (including phenoxy) is 1. The van der Waals surface area contributed by atoms with Crippen molar-refractivity contribution in [3.8, 4) is 17.0 Å². The molecule has 4 aromatic rings. The number of nitrogens with zero attached hydrogens (tertiary/aromatic N) is 4. The number of aromatic nitrogens is 3. The lowest BCUT2D eigenvalue weighted by atomic mass is 9.95. The molecule has 3 heterocycles. The van der Waals surface area contributed by atoms with Crippen LogP contribution in [0.4, 0.5) is 5.82 Å². The van der Waals surface area contributed by atoms with E-state index in [0.29, 0.717) is 6.54 Å². The largest absolute Gasteiger partial charge is 0.497 e. The lowest BCUT2D eigenvalue weighted by Gasteiger charge is -2.33. The van der Waals surface area contributed by atoms with Crippen molar-refractivity contribution in [2.45, 2.75) is 40.2 Å². The standard InChI is InChI=1S/C29H33N5O2/c1-19-13-20(2)15-24(14-19)26-17-27-31-21(3)16-28(34(27)32-26)33-11-9-23(10-12-33)29(35)30-18-22-5-7-25(36-4)8-6-22/h5-8,13-17,23H,9-12,18H2,1-4H3,(H,30,35). The summed E-state index contributed by atoms with van der Waals surface area (Å²) in [5.74, 6) is 1.99. The molecule has 0 saturated carbocycles. The maximum absolute atomic E-state index is 12.8. The highest BCUT2D eigenvalue weighted by Crippen LogP contribution is 2.28. The van der Waals surface area contributed by atoms with Crippen molar-refractivity contribution in [1.29, 1.82) is 0 Å². The molecule has 0 atom stereocenters. The van der Waals surface area contributed by atoms with Crippen LogP contribution >= 0.6 is 0 Å². The smallest absolute Gasteiger partial charge is 0.223 e. The van der Waals surface area contributed by atoms with E-state index in [-0.39, 0.29) is 11.8 Å². The summed E-state index contributed by atoms with van der Waals surface area (Å²) in [6.07, 6.45) is 1.62. The molecule has 186 valence electrons. The molecule has 1 amide bonds. The fraction of sp³-hybridized carbons (Fsp3) is 0.345. The zero-order chi connectivity index (χ0) is 25.2. The second-order valence-corrected chi connectivity index (χ2v) is 9.76. The monoisotopic (exact) mass is 483 g/mol. The van der Waals surface area contributed by atoms with E-state index in [9.17, 15) is 4.79 Å². The lowest BCUT2D eigenvalue weighted by Crippen LogP contribution is -2.41. The van der Waals surface area contributed by atoms with Crippen molar-refractivity contribution in [3.63, 3.8) is 0 Å². The van der Waals surface area contributed by atoms with Gasteiger partial charge in [0, 0.05) is 48.9 Å². The van der Waals surface area contributed by atoms with Crippen molar-refractivity contribution in [1.82, 2.24) is 19.9 Å². The Morgan fingerprint density at radius 1 is 1.00 bits per heavy atom. The number of carbonyl (C=O) groups is 1. The highest BCUT2D eigenvalue weighted by Gasteiger charge is 2.26. The molecule has 1 aliphatic rings. The van der Waals surface area contributed by atoms with Crippen LogP contribution in [0.3, 0.4) is 0 Å². The molecular weight excluding hydrogens is 450 g/mol. The molecule has 2 aromatic heterocycles. The Bertz CT molecular complexity index is 1360. The molecule has 36 heavy (non-hydrogen) atoms. The van der Waals surface area contributed by atoms with Crippen molar-refractivity contribution in [3.05, 3.63) is 77.0 Å². The minimum atomic E-state index is 0.0152. The SMILES string of the molecule is COc1ccc(CNC(=O)C2CCN(c3cc(C)nc4cc(-c5cc(C)cc(C)c5)nn34)CC2)cc1. The van der Waals surface area contributed by atoms with Gasteiger partial charge < -0.3 is 15.0 Å². The average molecular weight is 484 g/mol. The Kier molecular flexibility index (Phi) is 6.63. The van der Waals surface area contributed by atoms with Gasteiger partial charge in [0.15, 0.2) is 5.65 Å². The van der Waals surface area contributed by atoms with Crippen LogP contribution in [0.15, 0.2) is 54.6 Å². The lowest BCUT2D eigenvalue weighted by molar-refractivity contribution is -0.125. The highest BCUT2D eigenvalue weighted by molar-refractivity contribution is 5.79. The number of aryl methyl sites for hydroxylation is 3. The summed E-state index contributed by atoms with van der Waals surface area (Å²) in [7, 11) is 1.65. The fourth-order valence-corrected chi connectivity index (χ4v) is 5.02. The summed E-state index contributed by atoms with van der Waals surface area (Å²) in [5, 5.41) is 8.04. The van der Waals surface area contributed by atoms with Crippen molar-refractivity contribution >= 4 is 17.4 Å². The van der Waals surface area contributed by atoms with Crippen LogP contribution in [0.1, 0.15) is 35.2 Å². The predicted molar refractivity (Wildman–Crippen MR) is 142 cm³/mol. The Morgan fingerprint density at radius 2 is 1.69 bits per heavy atom. The van der Waals surface area contributed by atoms with Gasteiger partial charge in [0.05, 0.1) is 12.8 Å². The maximum atomic E-state index is 12.8. The van der Waals surface area contributed by atoms with E-state index in [1.807, 2.05) is 35.7 Å². The molecule has 0 bridgehead atoms. The third-order valence-corrected chi connectivity index (χ3v) is 6.87. The summed E-state index contributed by atoms with van der Waals surface area (Å²) in [6, 6.07) is 18.4. The van der Waals surface area contributed by atoms with Crippen LogP contribution in [0.25, 0.3) is 16.9 Å². The van der Waals surface area contributed by atoms with Crippen LogP contribution < -0.4 is 15.0 Å². The van der Waals surface area contributed by atoms with Crippen LogP contribution in [-0.4, -0.2) is 40.7 Å². The summed E-state index contributed by atoms with van der Waals surface area (Å²) in [5.41, 5.74) is 7.34. The number of amides is 1. The third kappa shape index (κ3) is 5.05. The molecular formula is C29H33N5O2. The van der Waals surface area contributed by atoms with Gasteiger partial charge >= 0.3 is 0 Å². The molecule has 1 fully saturated rings. The number of methoxy groups -OCH3 is 1. The fourth-order valence-electron chi connectivity index (χ4n) is 5.02. The van der Waals surface area contributed by atoms with Gasteiger partial charge in [0.25, 0.3) is 0 Å². The van der Waals surface area contributed by atoms with Gasteiger partial charge in [0.1, 0.15) is 11.6 Å². The number of nitrogens with one attached hydrogen (secondary N) is 1. The second kappa shape index (κ2) is 10.0. The normalized spacial score (nSPS) is 14.3. The first-order valence-corrected chi connectivity index (χ1v) is 12.5. The van der Waals surface area contributed by atoms with E-state index in [0.717, 1.165) is 65.7 Å². The van der Waals surface area contributed by atoms with Gasteiger partial charge in [-0.3, -0.25) is 4.79 Å². The summed E-state index contributed by atoms with van der Waals surface area (Å²) in [6.45, 7) is 8.37. The van der Waals surface area contributed by atoms with E-state index in [1.54, 1.807) is 7.11 Å². The summed E-state index contributed by atoms with van der Waals surface area (Å²) < 4.78 is 7.15. The van der Waals surface area contributed by atoms with Gasteiger partial charge in [-0.25, -0.2) is 4.98 Å². The van der Waals surface area contributed by atoms with Crippen LogP contribution in [0.2, 0.25) is 0 Å². The van der Waals surface area contributed by atoms with Crippen molar-refractivity contribution in [2.75, 3.05) is 25.1 Å². The molecule has 0 aliphatic carbocycles. The first-order valence-electron chi connectivity index (χ1n) is 12.5. The number of anilines is 1. The Labute approximate surface area is 212 Å². The van der Waals surface area contributed by atoms with E-state index in [1.165, 1.54) is 11.1 Å². The quantitative estimate of drug-likeness (QED) is 0.424. The molecule has 1 N–H and O–H groups in total. The van der Waals surface area contributed by atoms with E-state index < -0.39 is 0 Å². The molecule has 0 unspecified atom stereocenters. The van der Waals surface area contributed by atoms with Crippen LogP contribution in [-0.2, 0) is 11.3 Å². The molecule has 1 saturated heterocycles. The Hall–Kier alpha value is -3.87. The van der Waals surface area contributed by atoms with Crippen molar-refractivity contribution < 1.29 is 9.53 Å². The third-order valence-electron chi connectivity index (χ3n) is 6.87. The Balaban J connectivity index is 1.27. The Morgan fingerprint density at radius 3 is 2.36 bits per heavy atom. The minimum absolute atomic E-state index is 0.0152.